The van der Waals surface area contributed by atoms with Crippen molar-refractivity contribution in [2.24, 2.45) is 0 Å². The lowest BCUT2D eigenvalue weighted by Crippen LogP contribution is -2.22. The molecule has 0 aliphatic carbocycles. The van der Waals surface area contributed by atoms with E-state index in [1.165, 1.54) is 23.3 Å². The highest BCUT2D eigenvalue weighted by Gasteiger charge is 2.32. The van der Waals surface area contributed by atoms with Crippen LogP contribution in [0.15, 0.2) is 59.5 Å². The highest BCUT2D eigenvalue weighted by atomic mass is 32.2. The van der Waals surface area contributed by atoms with Gasteiger partial charge in [-0.25, -0.2) is 0 Å². The molecule has 0 bridgehead atoms. The van der Waals surface area contributed by atoms with Crippen LogP contribution >= 0.6 is 11.8 Å². The van der Waals surface area contributed by atoms with Crippen molar-refractivity contribution >= 4 is 11.8 Å². The van der Waals surface area contributed by atoms with E-state index in [-0.39, 0.29) is 11.4 Å². The average Bonchev–Trinajstić information content (AvgIpc) is 2.65. The van der Waals surface area contributed by atoms with Crippen LogP contribution in [0.25, 0.3) is 0 Å². The fourth-order valence-electron chi connectivity index (χ4n) is 3.22. The number of phenolic OH excluding ortho intramolecular Hbond substituents is 1. The maximum atomic E-state index is 9.58. The van der Waals surface area contributed by atoms with Crippen molar-refractivity contribution < 1.29 is 10.2 Å². The predicted molar refractivity (Wildman–Crippen MR) is 107 cm³/mol. The quantitative estimate of drug-likeness (QED) is 0.375. The summed E-state index contributed by atoms with van der Waals surface area (Å²) < 4.78 is 0.0453. The van der Waals surface area contributed by atoms with Gasteiger partial charge in [0.2, 0.25) is 0 Å². The number of hydrogen-bond donors (Lipinski definition) is 2. The van der Waals surface area contributed by atoms with Gasteiger partial charge in [0.1, 0.15) is 5.75 Å². The van der Waals surface area contributed by atoms with Crippen LogP contribution in [-0.4, -0.2) is 16.8 Å². The highest BCUT2D eigenvalue weighted by molar-refractivity contribution is 8.00. The van der Waals surface area contributed by atoms with E-state index in [2.05, 4.69) is 37.3 Å². The van der Waals surface area contributed by atoms with E-state index < -0.39 is 0 Å². The minimum Gasteiger partial charge on any atom is -0.508 e. The molecule has 0 fully saturated rings. The Kier molecular flexibility index (Phi) is 8.36. The Hall–Kier alpha value is -1.45. The first-order valence-electron chi connectivity index (χ1n) is 9.34. The molecule has 1 atom stereocenters. The Morgan fingerprint density at radius 3 is 2.16 bits per heavy atom. The summed E-state index contributed by atoms with van der Waals surface area (Å²) in [5.74, 6) is 0.311. The largest absolute Gasteiger partial charge is 0.508 e. The van der Waals surface area contributed by atoms with Gasteiger partial charge in [0.15, 0.2) is 0 Å². The van der Waals surface area contributed by atoms with Crippen LogP contribution in [0.5, 0.6) is 5.75 Å². The van der Waals surface area contributed by atoms with Gasteiger partial charge in [-0.1, -0.05) is 62.9 Å². The summed E-state index contributed by atoms with van der Waals surface area (Å²) in [6.07, 6.45) is 7.67. The molecule has 3 heteroatoms. The molecule has 0 aliphatic rings. The van der Waals surface area contributed by atoms with E-state index in [1.807, 2.05) is 23.9 Å². The first kappa shape index (κ1) is 19.9. The SMILES string of the molecule is CCCCC(CCCCCO)(Sc1ccc(O)cc1)c1ccccc1. The molecular formula is C22H30O2S. The number of benzene rings is 2. The molecule has 1 unspecified atom stereocenters. The Balaban J connectivity index is 2.29. The van der Waals surface area contributed by atoms with Crippen molar-refractivity contribution in [1.82, 2.24) is 0 Å². The minimum absolute atomic E-state index is 0.0453. The third kappa shape index (κ3) is 6.09. The summed E-state index contributed by atoms with van der Waals surface area (Å²) in [6, 6.07) is 18.4. The maximum absolute atomic E-state index is 9.58. The molecule has 0 spiro atoms. The van der Waals surface area contributed by atoms with Gasteiger partial charge >= 0.3 is 0 Å². The zero-order chi connectivity index (χ0) is 18.0. The zero-order valence-electron chi connectivity index (χ0n) is 15.2. The molecule has 2 rings (SSSR count). The number of aromatic hydroxyl groups is 1. The number of aliphatic hydroxyl groups excluding tert-OH is 1. The third-order valence-electron chi connectivity index (χ3n) is 4.62. The summed E-state index contributed by atoms with van der Waals surface area (Å²) in [6.45, 7) is 2.52. The molecule has 0 aliphatic heterocycles. The van der Waals surface area contributed by atoms with Gasteiger partial charge in [0.25, 0.3) is 0 Å². The summed E-state index contributed by atoms with van der Waals surface area (Å²) >= 11 is 1.92. The fraction of sp³-hybridized carbons (Fsp3) is 0.455. The van der Waals surface area contributed by atoms with Gasteiger partial charge in [-0.2, -0.15) is 0 Å². The molecule has 0 amide bonds. The second-order valence-corrected chi connectivity index (χ2v) is 8.05. The van der Waals surface area contributed by atoms with Crippen molar-refractivity contribution in [2.75, 3.05) is 6.61 Å². The Bertz CT molecular complexity index is 597. The van der Waals surface area contributed by atoms with Crippen LogP contribution in [0.3, 0.4) is 0 Å². The minimum atomic E-state index is 0.0453. The molecule has 2 aromatic rings. The van der Waals surface area contributed by atoms with Gasteiger partial charge in [0, 0.05) is 16.2 Å². The molecule has 2 aromatic carbocycles. The van der Waals surface area contributed by atoms with E-state index in [0.717, 1.165) is 32.1 Å². The molecular weight excluding hydrogens is 328 g/mol. The summed E-state index contributed by atoms with van der Waals surface area (Å²) in [5, 5.41) is 18.7. The first-order chi connectivity index (χ1) is 12.2. The lowest BCUT2D eigenvalue weighted by Gasteiger charge is -2.34. The number of rotatable bonds is 11. The Morgan fingerprint density at radius 2 is 1.52 bits per heavy atom. The molecule has 0 saturated carbocycles. The van der Waals surface area contributed by atoms with Crippen LogP contribution in [0.4, 0.5) is 0 Å². The predicted octanol–water partition coefficient (Wildman–Crippen LogP) is 6.12. The zero-order valence-corrected chi connectivity index (χ0v) is 16.0. The molecule has 25 heavy (non-hydrogen) atoms. The van der Waals surface area contributed by atoms with E-state index in [4.69, 9.17) is 5.11 Å². The van der Waals surface area contributed by atoms with Crippen molar-refractivity contribution in [1.29, 1.82) is 0 Å². The molecule has 136 valence electrons. The summed E-state index contributed by atoms with van der Waals surface area (Å²) in [4.78, 5) is 1.19. The van der Waals surface area contributed by atoms with E-state index in [9.17, 15) is 5.11 Å². The maximum Gasteiger partial charge on any atom is 0.115 e. The molecule has 2 N–H and O–H groups in total. The lowest BCUT2D eigenvalue weighted by atomic mass is 9.87. The monoisotopic (exact) mass is 358 g/mol. The smallest absolute Gasteiger partial charge is 0.115 e. The van der Waals surface area contributed by atoms with Gasteiger partial charge in [-0.05, 0) is 49.1 Å². The van der Waals surface area contributed by atoms with Crippen molar-refractivity contribution in [3.8, 4) is 5.75 Å². The van der Waals surface area contributed by atoms with Gasteiger partial charge in [0.05, 0.1) is 0 Å². The summed E-state index contributed by atoms with van der Waals surface area (Å²) in [5.41, 5.74) is 1.38. The fourth-order valence-corrected chi connectivity index (χ4v) is 4.69. The second kappa shape index (κ2) is 10.5. The lowest BCUT2D eigenvalue weighted by molar-refractivity contribution is 0.281. The number of thioether (sulfide) groups is 1. The topological polar surface area (TPSA) is 40.5 Å². The van der Waals surface area contributed by atoms with Crippen LogP contribution in [0.1, 0.15) is 57.4 Å². The van der Waals surface area contributed by atoms with Crippen LogP contribution in [0, 0.1) is 0 Å². The number of hydrogen-bond acceptors (Lipinski definition) is 3. The molecule has 0 aromatic heterocycles. The van der Waals surface area contributed by atoms with Gasteiger partial charge in [-0.3, -0.25) is 0 Å². The van der Waals surface area contributed by atoms with E-state index in [0.29, 0.717) is 5.75 Å². The summed E-state index contributed by atoms with van der Waals surface area (Å²) in [7, 11) is 0. The van der Waals surface area contributed by atoms with Gasteiger partial charge in [-0.15, -0.1) is 11.8 Å². The van der Waals surface area contributed by atoms with Crippen molar-refractivity contribution in [3.05, 3.63) is 60.2 Å². The van der Waals surface area contributed by atoms with E-state index in [1.54, 1.807) is 12.1 Å². The van der Waals surface area contributed by atoms with Crippen LogP contribution in [0.2, 0.25) is 0 Å². The third-order valence-corrected chi connectivity index (χ3v) is 6.17. The second-order valence-electron chi connectivity index (χ2n) is 6.59. The van der Waals surface area contributed by atoms with Crippen molar-refractivity contribution in [2.45, 2.75) is 61.5 Å². The average molecular weight is 359 g/mol. The van der Waals surface area contributed by atoms with Crippen molar-refractivity contribution in [3.63, 3.8) is 0 Å². The van der Waals surface area contributed by atoms with E-state index >= 15 is 0 Å². The number of phenols is 1. The Morgan fingerprint density at radius 1 is 0.840 bits per heavy atom. The first-order valence-corrected chi connectivity index (χ1v) is 10.2. The number of unbranched alkanes of at least 4 members (excludes halogenated alkanes) is 3. The molecule has 0 heterocycles. The molecule has 0 radical (unpaired) electrons. The van der Waals surface area contributed by atoms with Gasteiger partial charge < -0.3 is 10.2 Å². The highest BCUT2D eigenvalue weighted by Crippen LogP contribution is 2.49. The number of aliphatic hydroxyl groups is 1. The normalized spacial score (nSPS) is 13.5. The molecule has 0 saturated heterocycles. The van der Waals surface area contributed by atoms with Crippen LogP contribution < -0.4 is 0 Å². The standard InChI is InChI=1S/C22H30O2S/c1-2-3-16-22(17-8-5-9-18-23,19-10-6-4-7-11-19)25-21-14-12-20(24)13-15-21/h4,6-7,10-15,23-24H,2-3,5,8-9,16-18H2,1H3. The molecule has 2 nitrogen and oxygen atoms in total. The van der Waals surface area contributed by atoms with Crippen LogP contribution in [-0.2, 0) is 4.75 Å². The Labute approximate surface area is 156 Å².